The molecule has 2 saturated heterocycles. The third kappa shape index (κ3) is 3.82. The molecule has 0 amide bonds. The molecule has 0 bridgehead atoms. The summed E-state index contributed by atoms with van der Waals surface area (Å²) in [6.07, 6.45) is -3.39. The van der Waals surface area contributed by atoms with E-state index >= 15 is 0 Å². The van der Waals surface area contributed by atoms with E-state index in [1.54, 1.807) is 6.07 Å². The summed E-state index contributed by atoms with van der Waals surface area (Å²) in [7, 11) is 0. The van der Waals surface area contributed by atoms with E-state index in [2.05, 4.69) is 4.90 Å². The molecule has 4 nitrogen and oxygen atoms in total. The summed E-state index contributed by atoms with van der Waals surface area (Å²) in [6, 6.07) is 5.49. The van der Waals surface area contributed by atoms with Crippen LogP contribution in [-0.4, -0.2) is 50.8 Å². The van der Waals surface area contributed by atoms with Gasteiger partial charge in [-0.3, -0.25) is 4.90 Å². The topological polar surface area (TPSA) is 39.5 Å². The molecule has 130 valence electrons. The smallest absolute Gasteiger partial charge is 0.381 e. The van der Waals surface area contributed by atoms with Crippen LogP contribution in [0.2, 0.25) is 0 Å². The zero-order valence-corrected chi connectivity index (χ0v) is 13.4. The minimum Gasteiger partial charge on any atom is -0.381 e. The molecule has 2 aliphatic heterocycles. The Kier molecular flexibility index (Phi) is 4.97. The fraction of sp³-hybridized carbons (Fsp3) is 0.588. The molecule has 0 radical (unpaired) electrons. The van der Waals surface area contributed by atoms with Crippen LogP contribution >= 0.6 is 0 Å². The van der Waals surface area contributed by atoms with Crippen LogP contribution in [0.3, 0.4) is 0 Å². The molecular weight excluding hydrogens is 319 g/mol. The standard InChI is InChI=1S/C17H20F3N3O/c18-17(19,20)16-2-1-15(9-14(16)10-21)23-6-4-22(5-7-23)11-13-3-8-24-12-13/h1-2,9,13H,3-8,11-12H2/t13-/m0/s1. The van der Waals surface area contributed by atoms with Crippen molar-refractivity contribution in [3.8, 4) is 6.07 Å². The van der Waals surface area contributed by atoms with Gasteiger partial charge in [-0.25, -0.2) is 0 Å². The van der Waals surface area contributed by atoms with Crippen molar-refractivity contribution in [1.29, 1.82) is 5.26 Å². The molecule has 2 heterocycles. The number of rotatable bonds is 3. The fourth-order valence-corrected chi connectivity index (χ4v) is 3.35. The van der Waals surface area contributed by atoms with Crippen molar-refractivity contribution in [2.24, 2.45) is 5.92 Å². The molecule has 0 spiro atoms. The second-order valence-corrected chi connectivity index (χ2v) is 6.36. The van der Waals surface area contributed by atoms with Crippen LogP contribution in [0.25, 0.3) is 0 Å². The summed E-state index contributed by atoms with van der Waals surface area (Å²) in [6.45, 7) is 5.94. The van der Waals surface area contributed by atoms with E-state index in [-0.39, 0.29) is 5.56 Å². The first-order valence-electron chi connectivity index (χ1n) is 8.14. The predicted molar refractivity (Wildman–Crippen MR) is 83.7 cm³/mol. The van der Waals surface area contributed by atoms with Gasteiger partial charge in [-0.2, -0.15) is 18.4 Å². The molecule has 0 N–H and O–H groups in total. The third-order valence-electron chi connectivity index (χ3n) is 4.71. The molecule has 1 aromatic rings. The Hall–Kier alpha value is -1.78. The van der Waals surface area contributed by atoms with Gasteiger partial charge in [-0.1, -0.05) is 0 Å². The van der Waals surface area contributed by atoms with Crippen LogP contribution in [0, 0.1) is 17.2 Å². The van der Waals surface area contributed by atoms with Gasteiger partial charge in [0, 0.05) is 45.0 Å². The maximum Gasteiger partial charge on any atom is 0.417 e. The number of alkyl halides is 3. The lowest BCUT2D eigenvalue weighted by Gasteiger charge is -2.37. The average molecular weight is 339 g/mol. The largest absolute Gasteiger partial charge is 0.417 e. The van der Waals surface area contributed by atoms with Gasteiger partial charge in [-0.15, -0.1) is 0 Å². The second kappa shape index (κ2) is 6.99. The predicted octanol–water partition coefficient (Wildman–Crippen LogP) is 2.74. The van der Waals surface area contributed by atoms with Crippen molar-refractivity contribution in [3.05, 3.63) is 29.3 Å². The summed E-state index contributed by atoms with van der Waals surface area (Å²) in [4.78, 5) is 4.42. The van der Waals surface area contributed by atoms with Crippen LogP contribution in [-0.2, 0) is 10.9 Å². The van der Waals surface area contributed by atoms with Gasteiger partial charge in [-0.05, 0) is 30.5 Å². The van der Waals surface area contributed by atoms with Crippen LogP contribution in [0.15, 0.2) is 18.2 Å². The van der Waals surface area contributed by atoms with E-state index in [1.165, 1.54) is 12.1 Å². The molecule has 2 aliphatic rings. The highest BCUT2D eigenvalue weighted by Crippen LogP contribution is 2.34. The van der Waals surface area contributed by atoms with Gasteiger partial charge in [0.05, 0.1) is 23.8 Å². The van der Waals surface area contributed by atoms with E-state index < -0.39 is 11.7 Å². The van der Waals surface area contributed by atoms with Crippen LogP contribution in [0.1, 0.15) is 17.5 Å². The summed E-state index contributed by atoms with van der Waals surface area (Å²) in [5.41, 5.74) is -0.498. The molecule has 7 heteroatoms. The Bertz CT molecular complexity index is 612. The molecule has 2 fully saturated rings. The molecule has 3 rings (SSSR count). The first-order valence-corrected chi connectivity index (χ1v) is 8.14. The second-order valence-electron chi connectivity index (χ2n) is 6.36. The van der Waals surface area contributed by atoms with Crippen molar-refractivity contribution in [2.45, 2.75) is 12.6 Å². The zero-order valence-electron chi connectivity index (χ0n) is 13.4. The van der Waals surface area contributed by atoms with E-state index in [9.17, 15) is 13.2 Å². The number of anilines is 1. The molecule has 0 unspecified atom stereocenters. The van der Waals surface area contributed by atoms with E-state index in [0.29, 0.717) is 11.6 Å². The fourth-order valence-electron chi connectivity index (χ4n) is 3.35. The number of nitrogens with zero attached hydrogens (tertiary/aromatic N) is 3. The highest BCUT2D eigenvalue weighted by atomic mass is 19.4. The number of benzene rings is 1. The lowest BCUT2D eigenvalue weighted by molar-refractivity contribution is -0.137. The average Bonchev–Trinajstić information content (AvgIpc) is 3.07. The Morgan fingerprint density at radius 2 is 1.96 bits per heavy atom. The Labute approximate surface area is 139 Å². The minimum absolute atomic E-state index is 0.314. The van der Waals surface area contributed by atoms with Gasteiger partial charge < -0.3 is 9.64 Å². The minimum atomic E-state index is -4.49. The first-order chi connectivity index (χ1) is 11.5. The summed E-state index contributed by atoms with van der Waals surface area (Å²) in [5.74, 6) is 0.591. The molecular formula is C17H20F3N3O. The number of piperazine rings is 1. The quantitative estimate of drug-likeness (QED) is 0.849. The third-order valence-corrected chi connectivity index (χ3v) is 4.71. The summed E-state index contributed by atoms with van der Waals surface area (Å²) >= 11 is 0. The van der Waals surface area contributed by atoms with Crippen LogP contribution < -0.4 is 4.90 Å². The molecule has 1 atom stereocenters. The van der Waals surface area contributed by atoms with E-state index in [1.807, 2.05) is 4.90 Å². The molecule has 0 aliphatic carbocycles. The monoisotopic (exact) mass is 339 g/mol. The van der Waals surface area contributed by atoms with Crippen molar-refractivity contribution >= 4 is 5.69 Å². The molecule has 0 saturated carbocycles. The van der Waals surface area contributed by atoms with E-state index in [0.717, 1.165) is 58.4 Å². The molecule has 0 aromatic heterocycles. The van der Waals surface area contributed by atoms with Crippen molar-refractivity contribution in [1.82, 2.24) is 4.90 Å². The molecule has 24 heavy (non-hydrogen) atoms. The number of hydrogen-bond acceptors (Lipinski definition) is 4. The molecule has 1 aromatic carbocycles. The Morgan fingerprint density at radius 3 is 2.54 bits per heavy atom. The number of nitriles is 1. The SMILES string of the molecule is N#Cc1cc(N2CCN(C[C@@H]3CCOC3)CC2)ccc1C(F)(F)F. The van der Waals surface area contributed by atoms with Crippen LogP contribution in [0.5, 0.6) is 0 Å². The lowest BCUT2D eigenvalue weighted by atomic mass is 10.1. The van der Waals surface area contributed by atoms with Gasteiger partial charge in [0.25, 0.3) is 0 Å². The first kappa shape index (κ1) is 17.1. The Balaban J connectivity index is 1.63. The van der Waals surface area contributed by atoms with Crippen molar-refractivity contribution < 1.29 is 17.9 Å². The van der Waals surface area contributed by atoms with Gasteiger partial charge in [0.1, 0.15) is 0 Å². The normalized spacial score (nSPS) is 22.6. The van der Waals surface area contributed by atoms with Crippen molar-refractivity contribution in [2.75, 3.05) is 50.8 Å². The van der Waals surface area contributed by atoms with Crippen LogP contribution in [0.4, 0.5) is 18.9 Å². The lowest BCUT2D eigenvalue weighted by Crippen LogP contribution is -2.48. The highest BCUT2D eigenvalue weighted by molar-refractivity contribution is 5.55. The Morgan fingerprint density at radius 1 is 1.21 bits per heavy atom. The number of halogens is 3. The van der Waals surface area contributed by atoms with Crippen molar-refractivity contribution in [3.63, 3.8) is 0 Å². The van der Waals surface area contributed by atoms with Gasteiger partial charge >= 0.3 is 6.18 Å². The maximum atomic E-state index is 12.9. The van der Waals surface area contributed by atoms with Gasteiger partial charge in [0.2, 0.25) is 0 Å². The number of hydrogen-bond donors (Lipinski definition) is 0. The summed E-state index contributed by atoms with van der Waals surface area (Å²) in [5, 5.41) is 9.02. The maximum absolute atomic E-state index is 12.9. The number of ether oxygens (including phenoxy) is 1. The van der Waals surface area contributed by atoms with Gasteiger partial charge in [0.15, 0.2) is 0 Å². The van der Waals surface area contributed by atoms with E-state index in [4.69, 9.17) is 10.00 Å². The zero-order chi connectivity index (χ0) is 17.2. The summed E-state index contributed by atoms with van der Waals surface area (Å²) < 4.78 is 44.0. The highest BCUT2D eigenvalue weighted by Gasteiger charge is 2.34.